The molecule has 0 aromatic rings. The summed E-state index contributed by atoms with van der Waals surface area (Å²) in [6, 6.07) is 0. The minimum Gasteiger partial charge on any atom is -0.465 e. The summed E-state index contributed by atoms with van der Waals surface area (Å²) in [4.78, 5) is 12.8. The number of rotatable bonds is 8. The first-order chi connectivity index (χ1) is 18.8. The van der Waals surface area contributed by atoms with Gasteiger partial charge in [0.05, 0.1) is 12.7 Å². The number of carbonyl (C=O) groups is 1. The van der Waals surface area contributed by atoms with Crippen LogP contribution in [0.1, 0.15) is 145 Å². The largest absolute Gasteiger partial charge is 0.465 e. The number of hydrogen-bond donors (Lipinski definition) is 1. The van der Waals surface area contributed by atoms with E-state index in [-0.39, 0.29) is 22.9 Å². The Morgan fingerprint density at radius 1 is 0.850 bits per heavy atom. The van der Waals surface area contributed by atoms with Crippen molar-refractivity contribution in [3.8, 4) is 0 Å². The molecule has 10 atom stereocenters. The highest BCUT2D eigenvalue weighted by molar-refractivity contribution is 5.69. The smallest absolute Gasteiger partial charge is 0.305 e. The predicted molar refractivity (Wildman–Crippen MR) is 165 cm³/mol. The maximum atomic E-state index is 12.8. The Kier molecular flexibility index (Phi) is 8.20. The average molecular weight is 555 g/mol. The lowest BCUT2D eigenvalue weighted by Crippen LogP contribution is -2.66. The van der Waals surface area contributed by atoms with E-state index < -0.39 is 0 Å². The highest BCUT2D eigenvalue weighted by atomic mass is 16.5. The molecule has 0 aromatic heterocycles. The molecule has 3 heteroatoms. The van der Waals surface area contributed by atoms with Gasteiger partial charge in [0.1, 0.15) is 0 Å². The van der Waals surface area contributed by atoms with Crippen LogP contribution in [0.2, 0.25) is 0 Å². The first-order valence-electron chi connectivity index (χ1n) is 17.3. The van der Waals surface area contributed by atoms with Crippen LogP contribution in [-0.2, 0) is 9.53 Å². The van der Waals surface area contributed by atoms with E-state index in [1.165, 1.54) is 76.2 Å². The highest BCUT2D eigenvalue weighted by Crippen LogP contribution is 2.77. The SMILES string of the molecule is C=C(C)[C@@H]1CC[C@]2(COC(=O)CCCCCC)CC[C@]3(C)[C@H](CC[C@@H]4[C@@]5(C)CC[C@H](O)C(C)(C)[C@@H]5CC[C@]43C)[C@@H]12. The Labute approximate surface area is 246 Å². The van der Waals surface area contributed by atoms with Gasteiger partial charge in [-0.2, -0.15) is 0 Å². The van der Waals surface area contributed by atoms with Gasteiger partial charge in [-0.05, 0) is 129 Å². The molecule has 0 unspecified atom stereocenters. The van der Waals surface area contributed by atoms with Crippen molar-refractivity contribution in [2.24, 2.45) is 56.7 Å². The summed E-state index contributed by atoms with van der Waals surface area (Å²) < 4.78 is 6.17. The number of unbranched alkanes of at least 4 members (excludes halogenated alkanes) is 3. The third-order valence-corrected chi connectivity index (χ3v) is 15.0. The number of ether oxygens (including phenoxy) is 1. The van der Waals surface area contributed by atoms with E-state index in [4.69, 9.17) is 4.74 Å². The molecule has 228 valence electrons. The lowest BCUT2D eigenvalue weighted by molar-refractivity contribution is -0.250. The molecule has 0 saturated heterocycles. The zero-order valence-electron chi connectivity index (χ0n) is 27.2. The number of aliphatic hydroxyl groups excluding tert-OH is 1. The molecule has 5 saturated carbocycles. The first kappa shape index (κ1) is 30.6. The summed E-state index contributed by atoms with van der Waals surface area (Å²) in [5.41, 5.74) is 2.44. The molecule has 5 rings (SSSR count). The quantitative estimate of drug-likeness (QED) is 0.185. The molecule has 0 amide bonds. The Hall–Kier alpha value is -0.830. The van der Waals surface area contributed by atoms with E-state index in [9.17, 15) is 9.90 Å². The predicted octanol–water partition coefficient (Wildman–Crippen LogP) is 9.52. The molecule has 0 aromatic carbocycles. The Balaban J connectivity index is 1.41. The van der Waals surface area contributed by atoms with Gasteiger partial charge < -0.3 is 9.84 Å². The van der Waals surface area contributed by atoms with Crippen molar-refractivity contribution in [1.29, 1.82) is 0 Å². The van der Waals surface area contributed by atoms with E-state index in [0.29, 0.717) is 52.9 Å². The molecule has 0 spiro atoms. The topological polar surface area (TPSA) is 46.5 Å². The van der Waals surface area contributed by atoms with E-state index in [2.05, 4.69) is 55.0 Å². The molecule has 5 aliphatic carbocycles. The number of aliphatic hydroxyl groups is 1. The lowest BCUT2D eigenvalue weighted by atomic mass is 9.32. The van der Waals surface area contributed by atoms with E-state index >= 15 is 0 Å². The number of allylic oxidation sites excluding steroid dienone is 1. The van der Waals surface area contributed by atoms with Gasteiger partial charge in [0.15, 0.2) is 0 Å². The molecule has 1 N–H and O–H groups in total. The van der Waals surface area contributed by atoms with Crippen molar-refractivity contribution in [1.82, 2.24) is 0 Å². The van der Waals surface area contributed by atoms with Crippen LogP contribution < -0.4 is 0 Å². The fraction of sp³-hybridized carbons (Fsp3) is 0.919. The summed E-state index contributed by atoms with van der Waals surface area (Å²) in [6.07, 6.45) is 17.1. The van der Waals surface area contributed by atoms with Crippen molar-refractivity contribution in [3.05, 3.63) is 12.2 Å². The molecule has 0 bridgehead atoms. The lowest BCUT2D eigenvalue weighted by Gasteiger charge is -2.73. The number of esters is 1. The van der Waals surface area contributed by atoms with Crippen molar-refractivity contribution in [2.75, 3.05) is 6.61 Å². The second-order valence-corrected chi connectivity index (χ2v) is 16.9. The third kappa shape index (κ3) is 4.48. The summed E-state index contributed by atoms with van der Waals surface area (Å²) in [7, 11) is 0. The molecular formula is C37H62O3. The van der Waals surface area contributed by atoms with E-state index in [1.807, 2.05) is 0 Å². The van der Waals surface area contributed by atoms with Crippen LogP contribution in [0.15, 0.2) is 12.2 Å². The first-order valence-corrected chi connectivity index (χ1v) is 17.3. The Morgan fingerprint density at radius 2 is 1.60 bits per heavy atom. The second-order valence-electron chi connectivity index (χ2n) is 16.9. The number of hydrogen-bond acceptors (Lipinski definition) is 3. The van der Waals surface area contributed by atoms with Crippen molar-refractivity contribution >= 4 is 5.97 Å². The van der Waals surface area contributed by atoms with Crippen LogP contribution >= 0.6 is 0 Å². The maximum absolute atomic E-state index is 12.8. The highest BCUT2D eigenvalue weighted by Gasteiger charge is 2.70. The van der Waals surface area contributed by atoms with E-state index in [0.717, 1.165) is 25.2 Å². The standard InChI is InChI=1S/C37H62O3/c1-9-10-11-12-13-31(39)40-24-37-21-16-26(25(2)3)32(37)27-14-15-29-34(6)19-18-30(38)33(4,5)28(34)17-20-36(29,8)35(27,7)22-23-37/h26-30,32,38H,2,9-24H2,1,3-8H3/t26-,27+,28-,29+,30-,32+,34-,35+,36+,37+/m0/s1. The van der Waals surface area contributed by atoms with Gasteiger partial charge in [-0.25, -0.2) is 0 Å². The van der Waals surface area contributed by atoms with Crippen LogP contribution in [0.3, 0.4) is 0 Å². The molecular weight excluding hydrogens is 492 g/mol. The van der Waals surface area contributed by atoms with Crippen molar-refractivity contribution < 1.29 is 14.6 Å². The van der Waals surface area contributed by atoms with Crippen molar-refractivity contribution in [2.45, 2.75) is 151 Å². The van der Waals surface area contributed by atoms with Gasteiger partial charge >= 0.3 is 5.97 Å². The maximum Gasteiger partial charge on any atom is 0.305 e. The normalized spacial score (nSPS) is 47.4. The zero-order valence-corrected chi connectivity index (χ0v) is 27.2. The van der Waals surface area contributed by atoms with E-state index in [1.54, 1.807) is 0 Å². The summed E-state index contributed by atoms with van der Waals surface area (Å²) in [5, 5.41) is 11.0. The van der Waals surface area contributed by atoms with Crippen LogP contribution in [0.4, 0.5) is 0 Å². The Bertz CT molecular complexity index is 968. The van der Waals surface area contributed by atoms with Gasteiger partial charge in [0, 0.05) is 11.8 Å². The van der Waals surface area contributed by atoms with Crippen LogP contribution in [0.5, 0.6) is 0 Å². The summed E-state index contributed by atoms with van der Waals surface area (Å²) in [5.74, 6) is 3.19. The molecule has 40 heavy (non-hydrogen) atoms. The molecule has 5 aliphatic rings. The number of carbonyl (C=O) groups excluding carboxylic acids is 1. The van der Waals surface area contributed by atoms with Gasteiger partial charge in [0.2, 0.25) is 0 Å². The Morgan fingerprint density at radius 3 is 2.30 bits per heavy atom. The van der Waals surface area contributed by atoms with Gasteiger partial charge in [-0.3, -0.25) is 4.79 Å². The minimum atomic E-state index is -0.165. The van der Waals surface area contributed by atoms with Crippen LogP contribution in [-0.4, -0.2) is 23.8 Å². The molecule has 0 aliphatic heterocycles. The molecule has 0 radical (unpaired) electrons. The second kappa shape index (κ2) is 10.7. The fourth-order valence-corrected chi connectivity index (χ4v) is 12.5. The van der Waals surface area contributed by atoms with Crippen molar-refractivity contribution in [3.63, 3.8) is 0 Å². The molecule has 3 nitrogen and oxygen atoms in total. The monoisotopic (exact) mass is 554 g/mol. The minimum absolute atomic E-state index is 0.00468. The van der Waals surface area contributed by atoms with Gasteiger partial charge in [0.25, 0.3) is 0 Å². The van der Waals surface area contributed by atoms with Gasteiger partial charge in [-0.15, -0.1) is 0 Å². The van der Waals surface area contributed by atoms with Crippen LogP contribution in [0.25, 0.3) is 0 Å². The zero-order chi connectivity index (χ0) is 29.1. The fourth-order valence-electron chi connectivity index (χ4n) is 12.5. The summed E-state index contributed by atoms with van der Waals surface area (Å²) >= 11 is 0. The third-order valence-electron chi connectivity index (χ3n) is 15.0. The van der Waals surface area contributed by atoms with Crippen LogP contribution in [0, 0.1) is 56.7 Å². The molecule has 0 heterocycles. The number of fused-ring (bicyclic) bond motifs is 7. The summed E-state index contributed by atoms with van der Waals surface area (Å²) in [6.45, 7) is 22.3. The average Bonchev–Trinajstić information content (AvgIpc) is 3.29. The van der Waals surface area contributed by atoms with Gasteiger partial charge in [-0.1, -0.05) is 73.0 Å². The molecule has 5 fully saturated rings.